The molecule has 3 atom stereocenters. The molecule has 5 nitrogen and oxygen atoms in total. The Morgan fingerprint density at radius 2 is 1.92 bits per heavy atom. The average Bonchev–Trinajstić information content (AvgIpc) is 3.10. The highest BCUT2D eigenvalue weighted by atomic mass is 28.3. The first-order chi connectivity index (χ1) is 11.0. The molecule has 2 bridgehead atoms. The van der Waals surface area contributed by atoms with E-state index in [9.17, 15) is 14.4 Å². The van der Waals surface area contributed by atoms with Crippen LogP contribution in [-0.4, -0.2) is 26.0 Å². The molecule has 0 N–H and O–H groups in total. The molecule has 0 aromatic carbocycles. The second-order valence-corrected chi connectivity index (χ2v) is 14.3. The Hall–Kier alpha value is -1.69. The summed E-state index contributed by atoms with van der Waals surface area (Å²) in [5, 5.41) is -0.459. The van der Waals surface area contributed by atoms with Gasteiger partial charge in [0.05, 0.1) is 13.1 Å². The molecule has 0 aromatic rings. The largest absolute Gasteiger partial charge is 0.431 e. The number of hydrogen-bond acceptors (Lipinski definition) is 5. The van der Waals surface area contributed by atoms with Crippen LogP contribution in [0.4, 0.5) is 0 Å². The summed E-state index contributed by atoms with van der Waals surface area (Å²) >= 11 is 0. The van der Waals surface area contributed by atoms with Gasteiger partial charge in [-0.3, -0.25) is 4.79 Å². The molecule has 6 heteroatoms. The van der Waals surface area contributed by atoms with Crippen LogP contribution >= 0.6 is 0 Å². The molecule has 1 heterocycles. The normalized spacial score (nSPS) is 29.5. The third-order valence-electron chi connectivity index (χ3n) is 6.09. The first-order valence-corrected chi connectivity index (χ1v) is 11.9. The minimum atomic E-state index is -1.70. The van der Waals surface area contributed by atoms with Crippen molar-refractivity contribution >= 4 is 26.0 Å². The van der Waals surface area contributed by atoms with E-state index in [0.29, 0.717) is 5.57 Å². The zero-order chi connectivity index (χ0) is 17.9. The highest BCUT2D eigenvalue weighted by Gasteiger charge is 2.49. The van der Waals surface area contributed by atoms with Crippen molar-refractivity contribution in [2.75, 3.05) is 0 Å². The summed E-state index contributed by atoms with van der Waals surface area (Å²) in [7, 11) is -1.70. The van der Waals surface area contributed by atoms with E-state index in [1.165, 1.54) is 6.08 Å². The predicted molar refractivity (Wildman–Crippen MR) is 90.4 cm³/mol. The molecule has 24 heavy (non-hydrogen) atoms. The van der Waals surface area contributed by atoms with Crippen molar-refractivity contribution in [1.82, 2.24) is 0 Å². The molecule has 130 valence electrons. The number of cyclic esters (lactones) is 2. The van der Waals surface area contributed by atoms with Crippen LogP contribution in [0.1, 0.15) is 26.7 Å². The zero-order valence-corrected chi connectivity index (χ0v) is 15.8. The van der Waals surface area contributed by atoms with E-state index >= 15 is 0 Å². The van der Waals surface area contributed by atoms with Gasteiger partial charge in [0.15, 0.2) is 0 Å². The predicted octanol–water partition coefficient (Wildman–Crippen LogP) is 3.20. The van der Waals surface area contributed by atoms with Crippen molar-refractivity contribution in [3.8, 4) is 0 Å². The number of allylic oxidation sites excluding steroid dienone is 2. The first kappa shape index (κ1) is 17.1. The number of rotatable bonds is 4. The van der Waals surface area contributed by atoms with Crippen LogP contribution in [-0.2, 0) is 23.9 Å². The summed E-state index contributed by atoms with van der Waals surface area (Å²) in [5.41, 5.74) is 0.469. The number of fused-ring (bicyclic) bond motifs is 2. The molecule has 0 saturated heterocycles. The fourth-order valence-corrected chi connectivity index (χ4v) is 4.14. The quantitative estimate of drug-likeness (QED) is 0.443. The van der Waals surface area contributed by atoms with Crippen LogP contribution in [0.15, 0.2) is 23.5 Å². The number of carbonyl (C=O) groups excluding carboxylic acids is 3. The summed E-state index contributed by atoms with van der Waals surface area (Å²) in [6.07, 6.45) is 4.86. The van der Waals surface area contributed by atoms with Crippen LogP contribution < -0.4 is 0 Å². The van der Waals surface area contributed by atoms with Crippen LogP contribution in [0.3, 0.4) is 0 Å². The lowest BCUT2D eigenvalue weighted by Crippen LogP contribution is -2.42. The molecule has 2 aliphatic carbocycles. The summed E-state index contributed by atoms with van der Waals surface area (Å²) < 4.78 is 10.3. The standard InChI is InChI=1S/C18H24O5Si/c1-18(2,24(3,4)5)17(21)22-14-8-10-6-11(14)7-12(10)13-9-15(19)23-16(13)20/h8-12H,6-7H2,1-5H3. The lowest BCUT2D eigenvalue weighted by molar-refractivity contribution is -0.151. The smallest absolute Gasteiger partial charge is 0.342 e. The Morgan fingerprint density at radius 3 is 2.38 bits per heavy atom. The molecule has 0 radical (unpaired) electrons. The first-order valence-electron chi connectivity index (χ1n) is 8.42. The fourth-order valence-electron chi connectivity index (χ4n) is 3.47. The maximum absolute atomic E-state index is 12.6. The van der Waals surface area contributed by atoms with Gasteiger partial charge in [0.2, 0.25) is 0 Å². The van der Waals surface area contributed by atoms with Crippen LogP contribution in [0.25, 0.3) is 0 Å². The molecule has 0 spiro atoms. The number of carbonyl (C=O) groups is 3. The van der Waals surface area contributed by atoms with E-state index in [-0.39, 0.29) is 23.7 Å². The molecule has 3 unspecified atom stereocenters. The average molecular weight is 348 g/mol. The van der Waals surface area contributed by atoms with Crippen molar-refractivity contribution < 1.29 is 23.9 Å². The summed E-state index contributed by atoms with van der Waals surface area (Å²) in [6, 6.07) is 0. The third-order valence-corrected chi connectivity index (χ3v) is 10.0. The third kappa shape index (κ3) is 2.66. The summed E-state index contributed by atoms with van der Waals surface area (Å²) in [5.74, 6) is -0.239. The van der Waals surface area contributed by atoms with E-state index in [1.54, 1.807) is 0 Å². The van der Waals surface area contributed by atoms with Gasteiger partial charge in [-0.05, 0) is 30.8 Å². The molecule has 1 saturated carbocycles. The van der Waals surface area contributed by atoms with Crippen molar-refractivity contribution in [1.29, 1.82) is 0 Å². The second kappa shape index (κ2) is 5.41. The minimum absolute atomic E-state index is 0.00130. The van der Waals surface area contributed by atoms with Gasteiger partial charge in [-0.2, -0.15) is 0 Å². The van der Waals surface area contributed by atoms with Gasteiger partial charge in [0.25, 0.3) is 0 Å². The Labute approximate surface area is 143 Å². The van der Waals surface area contributed by atoms with Crippen molar-refractivity contribution in [3.63, 3.8) is 0 Å². The van der Waals surface area contributed by atoms with Crippen LogP contribution in [0.5, 0.6) is 0 Å². The fraction of sp³-hybridized carbons (Fsp3) is 0.611. The highest BCUT2D eigenvalue weighted by molar-refractivity contribution is 6.82. The van der Waals surface area contributed by atoms with E-state index < -0.39 is 25.1 Å². The van der Waals surface area contributed by atoms with E-state index in [0.717, 1.165) is 18.6 Å². The lowest BCUT2D eigenvalue weighted by atomic mass is 9.86. The molecular formula is C18H24O5Si. The molecular weight excluding hydrogens is 324 g/mol. The van der Waals surface area contributed by atoms with Gasteiger partial charge in [-0.1, -0.05) is 33.5 Å². The maximum Gasteiger partial charge on any atom is 0.342 e. The Kier molecular flexibility index (Phi) is 3.86. The highest BCUT2D eigenvalue weighted by Crippen LogP contribution is 2.52. The summed E-state index contributed by atoms with van der Waals surface area (Å²) in [6.45, 7) is 10.4. The molecule has 1 aliphatic heterocycles. The SMILES string of the molecule is CC(C)(C(=O)OC1=CC2CC1CC2C1=CC(=O)OC1=O)[Si](C)(C)C. The summed E-state index contributed by atoms with van der Waals surface area (Å²) in [4.78, 5) is 35.6. The number of hydrogen-bond donors (Lipinski definition) is 0. The molecule has 3 rings (SSSR count). The zero-order valence-electron chi connectivity index (χ0n) is 14.8. The topological polar surface area (TPSA) is 69.7 Å². The number of ether oxygens (including phenoxy) is 2. The Balaban J connectivity index is 1.72. The van der Waals surface area contributed by atoms with E-state index in [2.05, 4.69) is 24.4 Å². The Morgan fingerprint density at radius 1 is 1.25 bits per heavy atom. The van der Waals surface area contributed by atoms with Crippen LogP contribution in [0, 0.1) is 17.8 Å². The van der Waals surface area contributed by atoms with Gasteiger partial charge < -0.3 is 9.47 Å². The second-order valence-electron chi connectivity index (χ2n) is 8.58. The van der Waals surface area contributed by atoms with E-state index in [4.69, 9.17) is 4.74 Å². The van der Waals surface area contributed by atoms with Gasteiger partial charge >= 0.3 is 17.9 Å². The van der Waals surface area contributed by atoms with E-state index in [1.807, 2.05) is 19.9 Å². The van der Waals surface area contributed by atoms with Crippen molar-refractivity contribution in [2.24, 2.45) is 17.8 Å². The van der Waals surface area contributed by atoms with Crippen molar-refractivity contribution in [2.45, 2.75) is 51.4 Å². The number of esters is 3. The minimum Gasteiger partial charge on any atom is -0.431 e. The van der Waals surface area contributed by atoms with Crippen molar-refractivity contribution in [3.05, 3.63) is 23.5 Å². The lowest BCUT2D eigenvalue weighted by Gasteiger charge is -2.35. The maximum atomic E-state index is 12.6. The molecule has 1 fully saturated rings. The van der Waals surface area contributed by atoms with Crippen LogP contribution in [0.2, 0.25) is 24.7 Å². The molecule has 0 aromatic heterocycles. The Bertz CT molecular complexity index is 680. The monoisotopic (exact) mass is 348 g/mol. The molecule has 3 aliphatic rings. The van der Waals surface area contributed by atoms with Gasteiger partial charge in [0.1, 0.15) is 5.76 Å². The van der Waals surface area contributed by atoms with Gasteiger partial charge in [0, 0.05) is 17.6 Å². The van der Waals surface area contributed by atoms with Gasteiger partial charge in [-0.25, -0.2) is 9.59 Å². The molecule has 0 amide bonds. The van der Waals surface area contributed by atoms with Gasteiger partial charge in [-0.15, -0.1) is 0 Å².